The molecule has 2 saturated heterocycles. The Labute approximate surface area is 120 Å². The van der Waals surface area contributed by atoms with E-state index in [1.807, 2.05) is 6.92 Å². The lowest BCUT2D eigenvalue weighted by Gasteiger charge is -2.25. The fourth-order valence-electron chi connectivity index (χ4n) is 3.06. The maximum Gasteiger partial charge on any atom is 0.130 e. The molecule has 0 spiro atoms. The zero-order valence-corrected chi connectivity index (χ0v) is 12.2. The van der Waals surface area contributed by atoms with Crippen molar-refractivity contribution in [2.24, 2.45) is 0 Å². The van der Waals surface area contributed by atoms with E-state index in [1.165, 1.54) is 18.5 Å². The van der Waals surface area contributed by atoms with Crippen LogP contribution in [-0.2, 0) is 4.74 Å². The molecule has 2 aliphatic heterocycles. The second kappa shape index (κ2) is 6.50. The maximum atomic E-state index is 5.52. The molecule has 1 atom stereocenters. The summed E-state index contributed by atoms with van der Waals surface area (Å²) in [4.78, 5) is 9.17. The first-order chi connectivity index (χ1) is 9.81. The van der Waals surface area contributed by atoms with E-state index in [0.717, 1.165) is 50.8 Å². The Balaban J connectivity index is 1.71. The van der Waals surface area contributed by atoms with Gasteiger partial charge in [-0.2, -0.15) is 0 Å². The highest BCUT2D eigenvalue weighted by Gasteiger charge is 2.19. The number of rotatable bonds is 3. The summed E-state index contributed by atoms with van der Waals surface area (Å²) in [6, 6.07) is 2.52. The van der Waals surface area contributed by atoms with Crippen molar-refractivity contribution in [2.45, 2.75) is 44.6 Å². The van der Waals surface area contributed by atoms with E-state index in [2.05, 4.69) is 26.7 Å². The van der Waals surface area contributed by atoms with Crippen LogP contribution in [0, 0.1) is 6.92 Å². The lowest BCUT2D eigenvalue weighted by atomic mass is 9.94. The number of hydrogen-bond donors (Lipinski definition) is 2. The van der Waals surface area contributed by atoms with Crippen LogP contribution in [0.1, 0.15) is 43.1 Å². The molecule has 2 aliphatic rings. The average Bonchev–Trinajstić information content (AvgIpc) is 2.49. The number of nitrogens with zero attached hydrogens (tertiary/aromatic N) is 2. The van der Waals surface area contributed by atoms with Gasteiger partial charge in [0, 0.05) is 24.3 Å². The summed E-state index contributed by atoms with van der Waals surface area (Å²) >= 11 is 0. The third-order valence-electron chi connectivity index (χ3n) is 4.13. The van der Waals surface area contributed by atoms with Gasteiger partial charge in [-0.05, 0) is 45.7 Å². The smallest absolute Gasteiger partial charge is 0.130 e. The summed E-state index contributed by atoms with van der Waals surface area (Å²) in [5.74, 6) is 2.39. The number of ether oxygens (including phenoxy) is 1. The second-order valence-electron chi connectivity index (χ2n) is 5.81. The third-order valence-corrected chi connectivity index (χ3v) is 4.13. The van der Waals surface area contributed by atoms with E-state index < -0.39 is 0 Å². The molecule has 1 aromatic rings. The number of anilines is 1. The monoisotopic (exact) mass is 276 g/mol. The molecular weight excluding hydrogens is 252 g/mol. The molecule has 5 nitrogen and oxygen atoms in total. The van der Waals surface area contributed by atoms with Gasteiger partial charge in [0.2, 0.25) is 0 Å². The van der Waals surface area contributed by atoms with Gasteiger partial charge >= 0.3 is 0 Å². The molecular formula is C15H24N4O. The zero-order valence-electron chi connectivity index (χ0n) is 12.2. The van der Waals surface area contributed by atoms with Crippen molar-refractivity contribution >= 4 is 5.82 Å². The van der Waals surface area contributed by atoms with E-state index in [4.69, 9.17) is 4.74 Å². The molecule has 0 aliphatic carbocycles. The molecule has 3 rings (SSSR count). The molecule has 3 heterocycles. The molecule has 0 amide bonds. The molecule has 0 saturated carbocycles. The lowest BCUT2D eigenvalue weighted by Crippen LogP contribution is -2.31. The van der Waals surface area contributed by atoms with Crippen molar-refractivity contribution < 1.29 is 4.74 Å². The lowest BCUT2D eigenvalue weighted by molar-refractivity contribution is 0.0875. The van der Waals surface area contributed by atoms with Crippen molar-refractivity contribution in [1.82, 2.24) is 15.3 Å². The van der Waals surface area contributed by atoms with Crippen LogP contribution < -0.4 is 10.6 Å². The van der Waals surface area contributed by atoms with Crippen LogP contribution in [-0.4, -0.2) is 42.3 Å². The van der Waals surface area contributed by atoms with Crippen LogP contribution in [0.3, 0.4) is 0 Å². The molecule has 5 heteroatoms. The van der Waals surface area contributed by atoms with Crippen molar-refractivity contribution in [1.29, 1.82) is 0 Å². The topological polar surface area (TPSA) is 59.1 Å². The minimum Gasteiger partial charge on any atom is -0.379 e. The Morgan fingerprint density at radius 1 is 1.25 bits per heavy atom. The molecule has 110 valence electrons. The molecule has 0 radical (unpaired) electrons. The number of hydrogen-bond acceptors (Lipinski definition) is 5. The highest BCUT2D eigenvalue weighted by Crippen LogP contribution is 2.25. The van der Waals surface area contributed by atoms with E-state index in [1.54, 1.807) is 0 Å². The fourth-order valence-corrected chi connectivity index (χ4v) is 3.06. The summed E-state index contributed by atoms with van der Waals surface area (Å²) in [5, 5.41) is 6.91. The summed E-state index contributed by atoms with van der Waals surface area (Å²) < 4.78 is 5.52. The third kappa shape index (κ3) is 3.46. The van der Waals surface area contributed by atoms with Gasteiger partial charge in [-0.1, -0.05) is 0 Å². The quantitative estimate of drug-likeness (QED) is 0.882. The minimum absolute atomic E-state index is 0.388. The fraction of sp³-hybridized carbons (Fsp3) is 0.733. The predicted molar refractivity (Wildman–Crippen MR) is 79.1 cm³/mol. The van der Waals surface area contributed by atoms with Gasteiger partial charge in [-0.25, -0.2) is 9.97 Å². The van der Waals surface area contributed by atoms with Gasteiger partial charge in [0.15, 0.2) is 0 Å². The first kappa shape index (κ1) is 13.8. The van der Waals surface area contributed by atoms with Gasteiger partial charge in [0.1, 0.15) is 11.6 Å². The van der Waals surface area contributed by atoms with Crippen molar-refractivity contribution in [2.75, 3.05) is 31.6 Å². The van der Waals surface area contributed by atoms with Gasteiger partial charge in [-0.15, -0.1) is 0 Å². The van der Waals surface area contributed by atoms with E-state index >= 15 is 0 Å². The highest BCUT2D eigenvalue weighted by atomic mass is 16.5. The SMILES string of the molecule is Cc1nc(NC2CCCOC2)cc(C2CCNCC2)n1. The van der Waals surface area contributed by atoms with Crippen LogP contribution in [0.2, 0.25) is 0 Å². The van der Waals surface area contributed by atoms with E-state index in [9.17, 15) is 0 Å². The number of aryl methyl sites for hydroxylation is 1. The molecule has 20 heavy (non-hydrogen) atoms. The Morgan fingerprint density at radius 3 is 2.85 bits per heavy atom. The first-order valence-electron chi connectivity index (χ1n) is 7.72. The first-order valence-corrected chi connectivity index (χ1v) is 7.72. The molecule has 0 bridgehead atoms. The Kier molecular flexibility index (Phi) is 4.47. The van der Waals surface area contributed by atoms with Gasteiger partial charge in [0.25, 0.3) is 0 Å². The van der Waals surface area contributed by atoms with Crippen LogP contribution >= 0.6 is 0 Å². The largest absolute Gasteiger partial charge is 0.379 e. The molecule has 2 N–H and O–H groups in total. The van der Waals surface area contributed by atoms with Gasteiger partial charge in [-0.3, -0.25) is 0 Å². The summed E-state index contributed by atoms with van der Waals surface area (Å²) in [7, 11) is 0. The predicted octanol–water partition coefficient (Wildman–Crippen LogP) is 1.84. The van der Waals surface area contributed by atoms with Crippen LogP contribution in [0.25, 0.3) is 0 Å². The Morgan fingerprint density at radius 2 is 2.10 bits per heavy atom. The van der Waals surface area contributed by atoms with Crippen molar-refractivity contribution in [3.05, 3.63) is 17.6 Å². The molecule has 1 aromatic heterocycles. The normalized spacial score (nSPS) is 24.6. The Bertz CT molecular complexity index is 439. The zero-order chi connectivity index (χ0) is 13.8. The number of nitrogens with one attached hydrogen (secondary N) is 2. The van der Waals surface area contributed by atoms with E-state index in [-0.39, 0.29) is 0 Å². The number of piperidine rings is 1. The van der Waals surface area contributed by atoms with Crippen molar-refractivity contribution in [3.63, 3.8) is 0 Å². The van der Waals surface area contributed by atoms with Gasteiger partial charge in [0.05, 0.1) is 12.6 Å². The molecule has 2 fully saturated rings. The van der Waals surface area contributed by atoms with Gasteiger partial charge < -0.3 is 15.4 Å². The molecule has 0 aromatic carbocycles. The van der Waals surface area contributed by atoms with E-state index in [0.29, 0.717) is 12.0 Å². The van der Waals surface area contributed by atoms with Crippen LogP contribution in [0.5, 0.6) is 0 Å². The van der Waals surface area contributed by atoms with Crippen LogP contribution in [0.15, 0.2) is 6.07 Å². The number of aromatic nitrogens is 2. The highest BCUT2D eigenvalue weighted by molar-refractivity contribution is 5.38. The van der Waals surface area contributed by atoms with Crippen molar-refractivity contribution in [3.8, 4) is 0 Å². The Hall–Kier alpha value is -1.20. The summed E-state index contributed by atoms with van der Waals surface area (Å²) in [6.07, 6.45) is 4.62. The van der Waals surface area contributed by atoms with Crippen LogP contribution in [0.4, 0.5) is 5.82 Å². The standard InChI is InChI=1S/C15H24N4O/c1-11-17-14(12-4-6-16-7-5-12)9-15(18-11)19-13-3-2-8-20-10-13/h9,12-13,16H,2-8,10H2,1H3,(H,17,18,19). The average molecular weight is 276 g/mol. The summed E-state index contributed by atoms with van der Waals surface area (Å²) in [6.45, 7) is 5.83. The second-order valence-corrected chi connectivity index (χ2v) is 5.81. The minimum atomic E-state index is 0.388. The summed E-state index contributed by atoms with van der Waals surface area (Å²) in [5.41, 5.74) is 1.19. The maximum absolute atomic E-state index is 5.52. The molecule has 1 unspecified atom stereocenters.